The van der Waals surface area contributed by atoms with Crippen LogP contribution in [0.4, 0.5) is 10.3 Å². The van der Waals surface area contributed by atoms with Gasteiger partial charge in [0, 0.05) is 13.1 Å². The van der Waals surface area contributed by atoms with Crippen molar-refractivity contribution in [3.8, 4) is 5.69 Å². The Balaban J connectivity index is 1.60. The number of aryl methyl sites for hydroxylation is 1. The summed E-state index contributed by atoms with van der Waals surface area (Å²) < 4.78 is 13.1. The summed E-state index contributed by atoms with van der Waals surface area (Å²) in [4.78, 5) is 24.9. The average Bonchev–Trinajstić information content (AvgIpc) is 3.28. The number of likely N-dealkylation sites (tertiary alicyclic amines) is 1. The molecular weight excluding hydrogens is 385 g/mol. The van der Waals surface area contributed by atoms with E-state index in [4.69, 9.17) is 0 Å². The number of halogens is 1. The van der Waals surface area contributed by atoms with Crippen LogP contribution >= 0.6 is 0 Å². The molecule has 1 saturated heterocycles. The number of carbonyl (C=O) groups excluding carboxylic acids is 1. The molecule has 1 fully saturated rings. The van der Waals surface area contributed by atoms with Crippen LogP contribution in [0.15, 0.2) is 43.0 Å². The summed E-state index contributed by atoms with van der Waals surface area (Å²) >= 11 is 0. The number of carbonyl (C=O) groups is 1. The van der Waals surface area contributed by atoms with Gasteiger partial charge in [0.2, 0.25) is 5.95 Å². The molecule has 0 radical (unpaired) electrons. The van der Waals surface area contributed by atoms with Gasteiger partial charge in [-0.25, -0.2) is 14.4 Å². The molecule has 4 rings (SSSR count). The fourth-order valence-corrected chi connectivity index (χ4v) is 3.90. The summed E-state index contributed by atoms with van der Waals surface area (Å²) in [6.45, 7) is 5.25. The fraction of sp³-hybridized carbons (Fsp3) is 0.381. The van der Waals surface area contributed by atoms with Gasteiger partial charge in [-0.1, -0.05) is 18.6 Å². The molecule has 1 unspecified atom stereocenters. The Kier molecular flexibility index (Phi) is 5.69. The topological polar surface area (TPSA) is 88.8 Å². The van der Waals surface area contributed by atoms with Crippen molar-refractivity contribution >= 4 is 11.9 Å². The zero-order chi connectivity index (χ0) is 21.1. The number of amides is 1. The highest BCUT2D eigenvalue weighted by Gasteiger charge is 2.33. The average molecular weight is 409 g/mol. The van der Waals surface area contributed by atoms with E-state index >= 15 is 0 Å². The molecule has 0 aliphatic carbocycles. The molecule has 1 amide bonds. The van der Waals surface area contributed by atoms with E-state index in [-0.39, 0.29) is 11.9 Å². The molecule has 0 bridgehead atoms. The predicted octanol–water partition coefficient (Wildman–Crippen LogP) is 2.86. The van der Waals surface area contributed by atoms with E-state index in [0.29, 0.717) is 36.2 Å². The van der Waals surface area contributed by atoms with Crippen LogP contribution in [0.1, 0.15) is 35.7 Å². The van der Waals surface area contributed by atoms with E-state index in [1.54, 1.807) is 12.4 Å². The highest BCUT2D eigenvalue weighted by molar-refractivity contribution is 5.98. The number of nitrogens with one attached hydrogen (secondary N) is 1. The van der Waals surface area contributed by atoms with Crippen LogP contribution in [-0.2, 0) is 0 Å². The van der Waals surface area contributed by atoms with Crippen LogP contribution in [0.5, 0.6) is 0 Å². The van der Waals surface area contributed by atoms with Gasteiger partial charge in [0.15, 0.2) is 5.82 Å². The number of rotatable bonds is 5. The van der Waals surface area contributed by atoms with Gasteiger partial charge in [-0.15, -0.1) is 0 Å². The van der Waals surface area contributed by atoms with Crippen molar-refractivity contribution in [3.63, 3.8) is 0 Å². The Bertz CT molecular complexity index is 1010. The number of anilines is 1. The van der Waals surface area contributed by atoms with Crippen molar-refractivity contribution in [1.29, 1.82) is 0 Å². The minimum Gasteiger partial charge on any atom is -0.352 e. The van der Waals surface area contributed by atoms with Gasteiger partial charge < -0.3 is 10.2 Å². The molecule has 3 heterocycles. The lowest BCUT2D eigenvalue weighted by Crippen LogP contribution is -2.51. The van der Waals surface area contributed by atoms with Crippen LogP contribution in [0.25, 0.3) is 5.69 Å². The first-order chi connectivity index (χ1) is 14.5. The van der Waals surface area contributed by atoms with Crippen LogP contribution in [-0.4, -0.2) is 54.9 Å². The van der Waals surface area contributed by atoms with E-state index in [0.717, 1.165) is 30.8 Å². The van der Waals surface area contributed by atoms with E-state index < -0.39 is 5.82 Å². The number of aromatic nitrogens is 5. The number of nitrogens with zero attached hydrogens (tertiary/aromatic N) is 6. The molecule has 1 aliphatic rings. The number of benzene rings is 1. The monoisotopic (exact) mass is 409 g/mol. The largest absolute Gasteiger partial charge is 0.352 e. The second-order valence-electron chi connectivity index (χ2n) is 7.63. The molecule has 8 nitrogen and oxygen atoms in total. The standard InChI is InChI=1S/C21H24FN7O/c1-14-5-6-18(29-26-7-8-27-29)17(10-14)20(30)28-9-3-4-15(2)19(28)13-25-21-23-11-16(22)12-24-21/h5-8,10-12,15,19H,3-4,9,13H2,1-2H3,(H,23,24,25)/t15-,19?/m1/s1. The molecule has 2 aromatic heterocycles. The minimum absolute atomic E-state index is 0.0427. The van der Waals surface area contributed by atoms with Crippen LogP contribution in [0.3, 0.4) is 0 Å². The SMILES string of the molecule is Cc1ccc(-n2nccn2)c(C(=O)N2CCC[C@@H](C)C2CNc2ncc(F)cn2)c1. The molecule has 1 N–H and O–H groups in total. The second-order valence-corrected chi connectivity index (χ2v) is 7.63. The lowest BCUT2D eigenvalue weighted by molar-refractivity contribution is 0.0539. The van der Waals surface area contributed by atoms with Crippen molar-refractivity contribution < 1.29 is 9.18 Å². The first-order valence-electron chi connectivity index (χ1n) is 10.0. The highest BCUT2D eigenvalue weighted by atomic mass is 19.1. The highest BCUT2D eigenvalue weighted by Crippen LogP contribution is 2.27. The van der Waals surface area contributed by atoms with Crippen LogP contribution < -0.4 is 5.32 Å². The van der Waals surface area contributed by atoms with Crippen molar-refractivity contribution in [1.82, 2.24) is 29.9 Å². The molecule has 1 aromatic carbocycles. The normalized spacial score (nSPS) is 19.0. The summed E-state index contributed by atoms with van der Waals surface area (Å²) in [7, 11) is 0. The predicted molar refractivity (Wildman–Crippen MR) is 110 cm³/mol. The van der Waals surface area contributed by atoms with Crippen molar-refractivity contribution in [3.05, 3.63) is 59.9 Å². The molecular formula is C21H24FN7O. The fourth-order valence-electron chi connectivity index (χ4n) is 3.90. The van der Waals surface area contributed by atoms with Crippen LogP contribution in [0, 0.1) is 18.7 Å². The third-order valence-electron chi connectivity index (χ3n) is 5.48. The van der Waals surface area contributed by atoms with Gasteiger partial charge in [-0.3, -0.25) is 4.79 Å². The van der Waals surface area contributed by atoms with Crippen molar-refractivity contribution in [2.24, 2.45) is 5.92 Å². The third kappa shape index (κ3) is 4.14. The van der Waals surface area contributed by atoms with Crippen molar-refractivity contribution in [2.75, 3.05) is 18.4 Å². The molecule has 9 heteroatoms. The smallest absolute Gasteiger partial charge is 0.256 e. The molecule has 3 aromatic rings. The summed E-state index contributed by atoms with van der Waals surface area (Å²) in [5.74, 6) is 0.109. The summed E-state index contributed by atoms with van der Waals surface area (Å²) in [5, 5.41) is 11.5. The Labute approximate surface area is 174 Å². The number of hydrogen-bond donors (Lipinski definition) is 1. The molecule has 156 valence electrons. The van der Waals surface area contributed by atoms with Gasteiger partial charge in [-0.2, -0.15) is 15.0 Å². The summed E-state index contributed by atoms with van der Waals surface area (Å²) in [6.07, 6.45) is 7.40. The second kappa shape index (κ2) is 8.56. The van der Waals surface area contributed by atoms with Gasteiger partial charge >= 0.3 is 0 Å². The summed E-state index contributed by atoms with van der Waals surface area (Å²) in [6, 6.07) is 5.65. The van der Waals surface area contributed by atoms with E-state index in [2.05, 4.69) is 32.4 Å². The molecule has 30 heavy (non-hydrogen) atoms. The number of hydrogen-bond acceptors (Lipinski definition) is 6. The maximum atomic E-state index is 13.6. The van der Waals surface area contributed by atoms with Gasteiger partial charge in [0.25, 0.3) is 5.91 Å². The Morgan fingerprint density at radius 2 is 1.97 bits per heavy atom. The third-order valence-corrected chi connectivity index (χ3v) is 5.48. The Hall–Kier alpha value is -3.36. The van der Waals surface area contributed by atoms with Gasteiger partial charge in [0.05, 0.1) is 42.1 Å². The van der Waals surface area contributed by atoms with E-state index in [1.807, 2.05) is 30.0 Å². The maximum absolute atomic E-state index is 13.6. The molecule has 0 spiro atoms. The molecule has 1 aliphatic heterocycles. The molecule has 0 saturated carbocycles. The van der Waals surface area contributed by atoms with Crippen LogP contribution in [0.2, 0.25) is 0 Å². The zero-order valence-electron chi connectivity index (χ0n) is 17.0. The van der Waals surface area contributed by atoms with Crippen molar-refractivity contribution in [2.45, 2.75) is 32.7 Å². The quantitative estimate of drug-likeness (QED) is 0.697. The van der Waals surface area contributed by atoms with Gasteiger partial charge in [0.1, 0.15) is 0 Å². The summed E-state index contributed by atoms with van der Waals surface area (Å²) in [5.41, 5.74) is 2.22. The maximum Gasteiger partial charge on any atom is 0.256 e. The van der Waals surface area contributed by atoms with E-state index in [9.17, 15) is 9.18 Å². The molecule has 2 atom stereocenters. The minimum atomic E-state index is -0.484. The van der Waals surface area contributed by atoms with Gasteiger partial charge in [-0.05, 0) is 37.8 Å². The number of piperidine rings is 1. The lowest BCUT2D eigenvalue weighted by atomic mass is 9.90. The lowest BCUT2D eigenvalue weighted by Gasteiger charge is -2.40. The zero-order valence-corrected chi connectivity index (χ0v) is 17.0. The first-order valence-corrected chi connectivity index (χ1v) is 10.0. The van der Waals surface area contributed by atoms with E-state index in [1.165, 1.54) is 4.80 Å². The first kappa shape index (κ1) is 19.9. The Morgan fingerprint density at radius 1 is 1.23 bits per heavy atom. The Morgan fingerprint density at radius 3 is 2.70 bits per heavy atom.